The molecule has 2 N–H and O–H groups in total. The SMILES string of the molecule is CC.CC.CC.CC.[2H]C([2H])(C)C1(C)C([2H])([2H])OC1([2H])[2H].[2H]C([2H])([2H])C1(C)C([2H])([2H])OC1([2H])[2H].[2H]C([2H])([2H])[Si](C)(O)O.[2H]C([2H])=C(C(=O)OC)C([2H])([2H])[2H].[2H]C([2H])=C(C)C(=O)OC.[2H]C([2H])=C([2H])C.[2H]C([2H])=C([2H])C(=O)OC.[2H]C([2H])=C([2H])C(=O)OC.[2H]C([2H])=C([2H])c1c([2H])c([2H])c([2H])c([2H])c1[2H].[2H]C([2H])=C([2H])c1ccccc1.[2H]C1([2H])OC([2H])([2H])C1([2H])C.[2H]C1([2H])O[C@]1([2H])C.[2H]C1([2H])c2ccccc2C1([2H])[2H].[2H]C1=C([2H])C(=O)N(C)C1=O.[2H]c1c([2H])c([2H])c2c(c1[2H])C([2H])([2H])C2([2H])[2H]. The highest BCUT2D eigenvalue weighted by Crippen LogP contribution is 2.29. The first-order valence-corrected chi connectivity index (χ1v) is 32.0. The van der Waals surface area contributed by atoms with E-state index in [1.807, 2.05) is 61.5 Å². The number of carbonyl (C=O) groups excluding carboxylic acids is 6. The van der Waals surface area contributed by atoms with E-state index in [2.05, 4.69) is 37.9 Å². The number of methoxy groups -OCH3 is 4. The maximum Gasteiger partial charge on any atom is 0.332 e. The Kier molecular flexibility index (Phi) is 26.4. The monoisotopic (exact) mass is 1540 g/mol. The summed E-state index contributed by atoms with van der Waals surface area (Å²) in [4.78, 5) is 80.7. The number of carbonyl (C=O) groups is 6. The molecule has 0 radical (unpaired) electrons. The molecule has 0 aromatic heterocycles. The van der Waals surface area contributed by atoms with Crippen molar-refractivity contribution in [3.05, 3.63) is 229 Å². The van der Waals surface area contributed by atoms with E-state index in [9.17, 15) is 28.8 Å². The number of esters is 4. The fraction of sp³-hybridized carbons (Fsp3) is 0.465. The standard InChI is InChI=1S/4C8H8.C6H12O.C5H5NO2.2C5H8O2.C5H10O.2C4H6O2.C4H8O.C3H6O.C3H6.C2H8O2Si.4C2H6/c2*1-2-4-8-6-5-7(8)3-1;2*1-2-8-6-4-3-5-7-8;1-3-6(2)4-7-5-6;1-6-4(7)2-3-5(6)8;2*1-4(2)5(6)7-3;1-5(2)3-6-4-5;2*1-3-4(5)6-2;1-4-2-5-3-4;1-3-2-4-3;1-3-2;1-5(2,3)4;4*1-2/h2*1-4H,5-6H2;2*2-7H,1H2;3-5H2,1-2H3;2-3H,1H3;2*1H2,2-3H3;3-4H2,1-2H3;2*3H,1H2,2H3;4H,2-3H2,1H3;3H,2H2,1H3;3H,1H2,2H3;3-4H,1-2H3;4*1-2H3/t;;;;;;;;;;;;3-;;;;;;/m............1....../s1/i1D,2D,3D,4D,5D2,6D2;5D2,6D2;1D2,2D,3D,4D,5D,6D,7D;1D2,2D;3D2,4D2,5D2;2D,3D;1D2,2D3;1D2;1D3,3D2,4D2;2*1D2,3D;2D2,3D2,4D;2D2,3D;1D2,3D;1D3;;;;. The lowest BCUT2D eigenvalue weighted by molar-refractivity contribution is -0.136. The van der Waals surface area contributed by atoms with Crippen LogP contribution in [0.5, 0.6) is 0 Å². The molecular weight excluding hydrogens is 1330 g/mol. The number of hydrogen-bond acceptors (Lipinski definition) is 16. The maximum absolute atomic E-state index is 10.7. The van der Waals surface area contributed by atoms with Crippen LogP contribution in [0.1, 0.15) is 246 Å². The average Bonchev–Trinajstić information content (AvgIpc) is 1.13. The van der Waals surface area contributed by atoms with Crippen LogP contribution >= 0.6 is 0 Å². The van der Waals surface area contributed by atoms with E-state index < -0.39 is 307 Å². The van der Waals surface area contributed by atoms with Crippen molar-refractivity contribution in [3.8, 4) is 0 Å². The molecule has 5 aliphatic heterocycles. The van der Waals surface area contributed by atoms with Crippen LogP contribution in [-0.4, -0.2) is 146 Å². The van der Waals surface area contributed by atoms with Crippen LogP contribution in [0, 0.1) is 16.7 Å². The van der Waals surface area contributed by atoms with E-state index in [0.717, 1.165) is 46.6 Å². The molecule has 4 saturated heterocycles. The Bertz CT molecular complexity index is 5720. The van der Waals surface area contributed by atoms with Gasteiger partial charge in [-0.1, -0.05) is 256 Å². The lowest BCUT2D eigenvalue weighted by Crippen LogP contribution is -2.38. The number of aryl methyl sites for hydroxylation is 2. The summed E-state index contributed by atoms with van der Waals surface area (Å²) in [7, 11) is 1.80. The van der Waals surface area contributed by atoms with Crippen molar-refractivity contribution in [3.63, 3.8) is 0 Å². The van der Waals surface area contributed by atoms with Gasteiger partial charge in [-0.05, 0) is 106 Å². The number of amides is 2. The highest BCUT2D eigenvalue weighted by Gasteiger charge is 2.30. The first-order chi connectivity index (χ1) is 75.2. The van der Waals surface area contributed by atoms with Gasteiger partial charge < -0.3 is 47.5 Å². The predicted molar refractivity (Wildman–Crippen MR) is 438 cm³/mol. The Morgan fingerprint density at radius 2 is 1.05 bits per heavy atom. The number of imide groups is 1. The molecule has 4 aromatic carbocycles. The van der Waals surface area contributed by atoms with Crippen LogP contribution in [0.25, 0.3) is 12.1 Å². The third kappa shape index (κ3) is 73.5. The van der Waals surface area contributed by atoms with Crippen molar-refractivity contribution in [2.24, 2.45) is 16.7 Å². The van der Waals surface area contributed by atoms with E-state index in [1.54, 1.807) is 48.5 Å². The second-order valence-corrected chi connectivity index (χ2v) is 18.7. The normalized spacial score (nSPS) is 29.7. The number of epoxide rings is 1. The van der Waals surface area contributed by atoms with Crippen molar-refractivity contribution in [2.45, 2.75) is 169 Å². The highest BCUT2D eigenvalue weighted by molar-refractivity contribution is 6.61. The molecule has 4 fully saturated rings. The van der Waals surface area contributed by atoms with Crippen molar-refractivity contribution < 1.29 is 165 Å². The zero-order valence-corrected chi connectivity index (χ0v) is 62.8. The average molecular weight is 1540 g/mol. The van der Waals surface area contributed by atoms with Gasteiger partial charge in [0.15, 0.2) is 0 Å². The second kappa shape index (κ2) is 74.5. The van der Waals surface area contributed by atoms with Gasteiger partial charge in [0.25, 0.3) is 11.8 Å². The molecule has 0 spiro atoms. The van der Waals surface area contributed by atoms with Gasteiger partial charge in [-0.25, -0.2) is 19.2 Å². The molecule has 0 bridgehead atoms. The number of hydrogen-bond donors (Lipinski definition) is 2. The van der Waals surface area contributed by atoms with Gasteiger partial charge >= 0.3 is 32.4 Å². The number of benzene rings is 4. The van der Waals surface area contributed by atoms with Crippen LogP contribution in [0.2, 0.25) is 13.0 Å². The minimum Gasteiger partial charge on any atom is -0.466 e. The summed E-state index contributed by atoms with van der Waals surface area (Å²) in [5.41, 5.74) is -4.10. The number of allylic oxidation sites excluding steroid dienone is 1. The van der Waals surface area contributed by atoms with Crippen LogP contribution in [0.4, 0.5) is 0 Å². The van der Waals surface area contributed by atoms with Crippen LogP contribution < -0.4 is 0 Å². The summed E-state index contributed by atoms with van der Waals surface area (Å²) < 4.78 is 490. The molecule has 11 rings (SSSR count). The minimum atomic E-state index is -3.86. The molecule has 7 aliphatic rings. The van der Waals surface area contributed by atoms with Gasteiger partial charge in [-0.15, -0.1) is 6.53 Å². The maximum atomic E-state index is 10.7. The van der Waals surface area contributed by atoms with Crippen LogP contribution in [0.3, 0.4) is 0 Å². The topological polar surface area (TPSA) is 223 Å². The van der Waals surface area contributed by atoms with Crippen molar-refractivity contribution >= 4 is 56.4 Å². The molecule has 0 saturated carbocycles. The van der Waals surface area contributed by atoms with Gasteiger partial charge in [0, 0.05) is 86.5 Å². The molecule has 18 heteroatoms. The number of rotatable bonds is 7. The Morgan fingerprint density at radius 3 is 1.28 bits per heavy atom. The van der Waals surface area contributed by atoms with Crippen molar-refractivity contribution in [2.75, 3.05) is 81.4 Å². The summed E-state index contributed by atoms with van der Waals surface area (Å²) in [6.07, 6.45) is -11.6. The predicted octanol–water partition coefficient (Wildman–Crippen LogP) is 18.4. The lowest BCUT2D eigenvalue weighted by Gasteiger charge is -2.36. The molecule has 0 unspecified atom stereocenters. The van der Waals surface area contributed by atoms with Gasteiger partial charge in [0.1, 0.15) is 0 Å². The van der Waals surface area contributed by atoms with Crippen LogP contribution in [0.15, 0.2) is 196 Å². The molecule has 17 nitrogen and oxygen atoms in total. The fourth-order valence-electron chi connectivity index (χ4n) is 3.61. The number of ether oxygens (including phenoxy) is 8. The van der Waals surface area contributed by atoms with E-state index >= 15 is 0 Å². The van der Waals surface area contributed by atoms with Crippen LogP contribution in [-0.2, 0) is 92.2 Å². The van der Waals surface area contributed by atoms with E-state index in [0.29, 0.717) is 16.7 Å². The second-order valence-electron chi connectivity index (χ2n) is 16.6. The summed E-state index contributed by atoms with van der Waals surface area (Å²) in [5, 5.41) is 0. The number of nitrogens with zero attached hydrogens (tertiary/aromatic N) is 1. The molecule has 5 heterocycles. The first kappa shape index (κ1) is 36.9. The minimum absolute atomic E-state index is 0.00926. The fourth-order valence-corrected chi connectivity index (χ4v) is 3.61. The van der Waals surface area contributed by atoms with Gasteiger partial charge in [0.2, 0.25) is 0 Å². The Labute approximate surface area is 723 Å². The molecule has 104 heavy (non-hydrogen) atoms. The zero-order chi connectivity index (χ0) is 138. The smallest absolute Gasteiger partial charge is 0.332 e. The summed E-state index contributed by atoms with van der Waals surface area (Å²) >= 11 is 0. The Balaban J connectivity index is -0.000000274. The number of likely N-dealkylation sites (N-methyl/N-ethyl adjacent to an activating group) is 1. The molecular formula is C86H139NO16Si. The molecule has 4 aromatic rings. The van der Waals surface area contributed by atoms with Gasteiger partial charge in [-0.2, -0.15) is 0 Å². The first-order valence-electron chi connectivity index (χ1n) is 62.1. The molecule has 2 amide bonds. The van der Waals surface area contributed by atoms with E-state index in [-0.39, 0.29) is 28.8 Å². The van der Waals surface area contributed by atoms with Gasteiger partial charge in [0.05, 0.1) is 142 Å². The quantitative estimate of drug-likeness (QED) is 0.0334. The summed E-state index contributed by atoms with van der Waals surface area (Å²) in [6.45, 7) is -2.66. The number of fused-ring (bicyclic) bond motifs is 2. The summed E-state index contributed by atoms with van der Waals surface area (Å²) in [5.74, 6) is -6.86. The Hall–Kier alpha value is -8.20. The Morgan fingerprint density at radius 1 is 0.654 bits per heavy atom. The van der Waals surface area contributed by atoms with Gasteiger partial charge in [-0.3, -0.25) is 14.5 Å². The zero-order valence-electron chi connectivity index (χ0n) is 127. The van der Waals surface area contributed by atoms with E-state index in [4.69, 9.17) is 98.7 Å². The highest BCUT2D eigenvalue weighted by atomic mass is 28.4. The third-order valence-corrected chi connectivity index (χ3v) is 8.38. The third-order valence-electron chi connectivity index (χ3n) is 8.38. The molecule has 2 aliphatic carbocycles. The lowest BCUT2D eigenvalue weighted by atomic mass is 9.86. The molecule has 1 atom stereocenters. The van der Waals surface area contributed by atoms with Crippen molar-refractivity contribution in [1.29, 1.82) is 0 Å². The van der Waals surface area contributed by atoms with Crippen molar-refractivity contribution in [1.82, 2.24) is 4.90 Å². The summed E-state index contributed by atoms with van der Waals surface area (Å²) in [6, 6.07) is 7.52. The van der Waals surface area contributed by atoms with E-state index in [1.165, 1.54) is 48.8 Å². The molecule has 588 valence electrons. The largest absolute Gasteiger partial charge is 0.466 e.